The first-order valence-electron chi connectivity index (χ1n) is 13.7. The Hall–Kier alpha value is -1.91. The Bertz CT molecular complexity index is 776. The van der Waals surface area contributed by atoms with Gasteiger partial charge in [-0.1, -0.05) is 13.8 Å². The van der Waals surface area contributed by atoms with Gasteiger partial charge in [0.05, 0.1) is 24.3 Å². The van der Waals surface area contributed by atoms with Crippen LogP contribution >= 0.6 is 0 Å². The van der Waals surface area contributed by atoms with Gasteiger partial charge in [0.15, 0.2) is 6.29 Å². The second-order valence-electron chi connectivity index (χ2n) is 11.9. The number of amides is 2. The monoisotopic (exact) mass is 544 g/mol. The molecule has 10 heteroatoms. The molecule has 0 aromatic rings. The van der Waals surface area contributed by atoms with Gasteiger partial charge in [0.1, 0.15) is 17.2 Å². The number of rotatable bonds is 12. The van der Waals surface area contributed by atoms with Gasteiger partial charge in [-0.2, -0.15) is 0 Å². The number of esters is 1. The maximum Gasteiger partial charge on any atom is 0.411 e. The number of nitrogens with zero attached hydrogens (tertiary/aromatic N) is 1. The van der Waals surface area contributed by atoms with Gasteiger partial charge in [0.25, 0.3) is 0 Å². The highest BCUT2D eigenvalue weighted by atomic mass is 16.7. The Morgan fingerprint density at radius 3 is 1.92 bits per heavy atom. The molecule has 0 aromatic heterocycles. The molecule has 1 aliphatic rings. The van der Waals surface area contributed by atoms with Gasteiger partial charge in [0, 0.05) is 26.6 Å². The molecule has 38 heavy (non-hydrogen) atoms. The van der Waals surface area contributed by atoms with E-state index in [0.717, 1.165) is 0 Å². The number of hydrogen-bond donors (Lipinski definition) is 1. The number of carbonyl (C=O) groups excluding carboxylic acids is 3. The minimum Gasteiger partial charge on any atom is -0.458 e. The molecule has 2 unspecified atom stereocenters. The summed E-state index contributed by atoms with van der Waals surface area (Å²) in [6.07, 6.45) is 0.236. The van der Waals surface area contributed by atoms with Crippen LogP contribution in [-0.2, 0) is 33.3 Å². The first-order valence-corrected chi connectivity index (χ1v) is 13.7. The van der Waals surface area contributed by atoms with Gasteiger partial charge in [-0.15, -0.1) is 0 Å². The average Bonchev–Trinajstić information content (AvgIpc) is 3.15. The van der Waals surface area contributed by atoms with E-state index >= 15 is 0 Å². The molecule has 5 atom stereocenters. The molecule has 10 nitrogen and oxygen atoms in total. The van der Waals surface area contributed by atoms with Crippen LogP contribution in [0.2, 0.25) is 0 Å². The SMILES string of the molecule is CCOC(C)OC[C@@H]1C[C@H](C(=O)OC(C)(C)C)N(C(=O)OC(C)(C)C)[C@H]1C(NC(C)=O)C(CC)(CC)OC. The third-order valence-electron chi connectivity index (χ3n) is 6.77. The Kier molecular flexibility index (Phi) is 12.5. The lowest BCUT2D eigenvalue weighted by Crippen LogP contribution is -2.65. The van der Waals surface area contributed by atoms with Crippen molar-refractivity contribution in [1.82, 2.24) is 10.2 Å². The van der Waals surface area contributed by atoms with Gasteiger partial charge < -0.3 is 29.0 Å². The molecule has 1 heterocycles. The largest absolute Gasteiger partial charge is 0.458 e. The van der Waals surface area contributed by atoms with Gasteiger partial charge in [-0.25, -0.2) is 9.59 Å². The van der Waals surface area contributed by atoms with Crippen LogP contribution in [0.4, 0.5) is 4.79 Å². The van der Waals surface area contributed by atoms with Gasteiger partial charge >= 0.3 is 12.1 Å². The summed E-state index contributed by atoms with van der Waals surface area (Å²) >= 11 is 0. The van der Waals surface area contributed by atoms with Crippen LogP contribution in [0, 0.1) is 5.92 Å². The van der Waals surface area contributed by atoms with Crippen molar-refractivity contribution in [1.29, 1.82) is 0 Å². The summed E-state index contributed by atoms with van der Waals surface area (Å²) in [5, 5.41) is 3.06. The van der Waals surface area contributed by atoms with Gasteiger partial charge in [-0.3, -0.25) is 9.69 Å². The molecule has 1 fully saturated rings. The van der Waals surface area contributed by atoms with E-state index < -0.39 is 53.3 Å². The van der Waals surface area contributed by atoms with Crippen molar-refractivity contribution in [2.24, 2.45) is 5.92 Å². The summed E-state index contributed by atoms with van der Waals surface area (Å²) in [7, 11) is 1.60. The number of hydrogen-bond acceptors (Lipinski definition) is 8. The highest BCUT2D eigenvalue weighted by Gasteiger charge is 2.57. The third-order valence-corrected chi connectivity index (χ3v) is 6.77. The molecule has 1 saturated heterocycles. The van der Waals surface area contributed by atoms with E-state index in [9.17, 15) is 14.4 Å². The van der Waals surface area contributed by atoms with Crippen LogP contribution in [0.3, 0.4) is 0 Å². The van der Waals surface area contributed by atoms with Crippen molar-refractivity contribution < 1.29 is 38.1 Å². The third kappa shape index (κ3) is 9.38. The smallest absolute Gasteiger partial charge is 0.411 e. The Morgan fingerprint density at radius 1 is 0.947 bits per heavy atom. The zero-order valence-electron chi connectivity index (χ0n) is 25.6. The van der Waals surface area contributed by atoms with E-state index in [0.29, 0.717) is 19.4 Å². The molecule has 0 radical (unpaired) electrons. The van der Waals surface area contributed by atoms with Crippen LogP contribution in [0.1, 0.15) is 95.4 Å². The molecule has 2 amide bonds. The van der Waals surface area contributed by atoms with Crippen molar-refractivity contribution in [3.8, 4) is 0 Å². The standard InChI is InChI=1S/C28H52N2O8/c1-13-28(14-2,34-12)23(29-18(4)31)22-20(17-36-19(5)35-15-3)16-21(24(32)37-26(6,7)8)30(22)25(33)38-27(9,10)11/h19-23H,13-17H2,1-12H3,(H,29,31)/t19?,20-,21+,22+,23?/m0/s1. The number of methoxy groups -OCH3 is 1. The average molecular weight is 545 g/mol. The van der Waals surface area contributed by atoms with Crippen LogP contribution in [0.25, 0.3) is 0 Å². The number of nitrogens with one attached hydrogen (secondary N) is 1. The van der Waals surface area contributed by atoms with E-state index in [4.69, 9.17) is 23.7 Å². The van der Waals surface area contributed by atoms with E-state index in [1.54, 1.807) is 55.6 Å². The van der Waals surface area contributed by atoms with E-state index in [2.05, 4.69) is 5.32 Å². The minimum absolute atomic E-state index is 0.188. The van der Waals surface area contributed by atoms with Crippen LogP contribution in [0.15, 0.2) is 0 Å². The maximum atomic E-state index is 13.8. The lowest BCUT2D eigenvalue weighted by atomic mass is 9.79. The topological polar surface area (TPSA) is 113 Å². The molecular formula is C28H52N2O8. The lowest BCUT2D eigenvalue weighted by Gasteiger charge is -2.46. The molecule has 222 valence electrons. The van der Waals surface area contributed by atoms with E-state index in [1.165, 1.54) is 11.8 Å². The molecule has 0 spiro atoms. The maximum absolute atomic E-state index is 13.8. The first-order chi connectivity index (χ1) is 17.4. The zero-order valence-corrected chi connectivity index (χ0v) is 25.6. The van der Waals surface area contributed by atoms with E-state index in [1.807, 2.05) is 20.8 Å². The summed E-state index contributed by atoms with van der Waals surface area (Å²) in [4.78, 5) is 41.3. The number of carbonyl (C=O) groups is 3. The molecule has 0 aliphatic carbocycles. The lowest BCUT2D eigenvalue weighted by molar-refractivity contribution is -0.161. The second-order valence-corrected chi connectivity index (χ2v) is 11.9. The molecule has 0 saturated carbocycles. The minimum atomic E-state index is -0.940. The molecule has 1 N–H and O–H groups in total. The van der Waals surface area contributed by atoms with Gasteiger partial charge in [0.2, 0.25) is 5.91 Å². The van der Waals surface area contributed by atoms with Crippen LogP contribution in [0.5, 0.6) is 0 Å². The molecule has 0 bridgehead atoms. The fourth-order valence-electron chi connectivity index (χ4n) is 5.11. The van der Waals surface area contributed by atoms with Crippen molar-refractivity contribution in [2.45, 2.75) is 137 Å². The molecule has 1 rings (SSSR count). The van der Waals surface area contributed by atoms with E-state index in [-0.39, 0.29) is 24.9 Å². The fourth-order valence-corrected chi connectivity index (χ4v) is 5.11. The second kappa shape index (κ2) is 13.9. The van der Waals surface area contributed by atoms with Crippen LogP contribution in [-0.4, -0.2) is 84.4 Å². The summed E-state index contributed by atoms with van der Waals surface area (Å²) in [5.74, 6) is -1.16. The molecule has 0 aromatic carbocycles. The predicted octanol–water partition coefficient (Wildman–Crippen LogP) is 4.43. The Balaban J connectivity index is 3.76. The molecular weight excluding hydrogens is 492 g/mol. The van der Waals surface area contributed by atoms with Crippen LogP contribution < -0.4 is 5.32 Å². The molecule has 1 aliphatic heterocycles. The normalized spacial score (nSPS) is 22.1. The first kappa shape index (κ1) is 34.1. The Labute approximate surface area is 229 Å². The summed E-state index contributed by atoms with van der Waals surface area (Å²) in [6, 6.07) is -2.28. The zero-order chi connectivity index (χ0) is 29.5. The summed E-state index contributed by atoms with van der Waals surface area (Å²) < 4.78 is 29.2. The highest BCUT2D eigenvalue weighted by molar-refractivity contribution is 5.83. The van der Waals surface area contributed by atoms with Crippen molar-refractivity contribution >= 4 is 18.0 Å². The number of ether oxygens (including phenoxy) is 5. The van der Waals surface area contributed by atoms with Crippen molar-refractivity contribution in [3.05, 3.63) is 0 Å². The quantitative estimate of drug-likeness (QED) is 0.284. The predicted molar refractivity (Wildman–Crippen MR) is 145 cm³/mol. The van der Waals surface area contributed by atoms with Crippen molar-refractivity contribution in [2.75, 3.05) is 20.3 Å². The van der Waals surface area contributed by atoms with Crippen molar-refractivity contribution in [3.63, 3.8) is 0 Å². The number of likely N-dealkylation sites (tertiary alicyclic amines) is 1. The summed E-state index contributed by atoms with van der Waals surface area (Å²) in [5.41, 5.74) is -2.39. The Morgan fingerprint density at radius 2 is 1.50 bits per heavy atom. The van der Waals surface area contributed by atoms with Gasteiger partial charge in [-0.05, 0) is 74.7 Å². The summed E-state index contributed by atoms with van der Waals surface area (Å²) in [6.45, 7) is 20.4. The highest BCUT2D eigenvalue weighted by Crippen LogP contribution is 2.40. The fraction of sp³-hybridized carbons (Fsp3) is 0.893.